The van der Waals surface area contributed by atoms with Crippen LogP contribution in [-0.2, 0) is 965 Å². The predicted octanol–water partition coefficient (Wildman–Crippen LogP) is -0.130. The Balaban J connectivity index is 0. The molecule has 0 aromatic carbocycles. The molecule has 260 valence electrons. The summed E-state index contributed by atoms with van der Waals surface area (Å²) in [7, 11) is 0. The molecular weight excluding hydrogens is 2650 g/mol. The molecule has 0 saturated carbocycles. The Hall–Kier alpha value is 30.4. The zero-order valence-corrected chi connectivity index (χ0v) is 95.9. The largest absolute Gasteiger partial charge is 0 e. The fourth-order valence-electron chi connectivity index (χ4n) is 0. The first-order valence-electron chi connectivity index (χ1n) is 0. The molecule has 0 aliphatic heterocycles. The predicted molar refractivity (Wildman–Crippen MR) is 0 cm³/mol. The summed E-state index contributed by atoms with van der Waals surface area (Å²) >= 11 is 0. The summed E-state index contributed by atoms with van der Waals surface area (Å²) in [5, 5.41) is 0. The van der Waals surface area contributed by atoms with Gasteiger partial charge in [-0.2, -0.15) is 0 Å². The molecule has 52 radical (unpaired) electrons. The van der Waals surface area contributed by atoms with E-state index in [1.165, 1.54) is 0 Å². The standard InChI is InChI=1S/52V. The molecule has 0 aromatic heterocycles. The molecule has 0 nitrogen and oxygen atoms in total. The third-order valence-electron chi connectivity index (χ3n) is 0. The first kappa shape index (κ1) is 591. The quantitative estimate of drug-likeness (QED) is 0.318. The van der Waals surface area contributed by atoms with Gasteiger partial charge in [-0.05, 0) is 0 Å². The summed E-state index contributed by atoms with van der Waals surface area (Å²) in [6.45, 7) is 0. The minimum absolute atomic E-state index is 0. The first-order chi connectivity index (χ1) is 0. The van der Waals surface area contributed by atoms with Crippen LogP contribution < -0.4 is 0 Å². The molecule has 0 unspecified atom stereocenters. The van der Waals surface area contributed by atoms with Crippen LogP contribution in [0.5, 0.6) is 0 Å². The van der Waals surface area contributed by atoms with E-state index in [1.54, 1.807) is 0 Å². The normalized spacial score (nSPS) is 0. The zero-order chi connectivity index (χ0) is 0. The second-order valence-corrected chi connectivity index (χ2v) is 0. The van der Waals surface area contributed by atoms with Crippen molar-refractivity contribution >= 4 is 0 Å². The van der Waals surface area contributed by atoms with Gasteiger partial charge in [0.15, 0.2) is 0 Å². The van der Waals surface area contributed by atoms with Gasteiger partial charge < -0.3 is 0 Å². The van der Waals surface area contributed by atoms with Crippen molar-refractivity contribution in [2.45, 2.75) is 0 Å². The number of rotatable bonds is 0. The van der Waals surface area contributed by atoms with Crippen LogP contribution >= 0.6 is 0 Å². The van der Waals surface area contributed by atoms with Gasteiger partial charge in [0, 0.05) is 965 Å². The maximum Gasteiger partial charge on any atom is 0 e. The molecule has 0 atom stereocenters. The van der Waals surface area contributed by atoms with Gasteiger partial charge in [-0.1, -0.05) is 0 Å². The van der Waals surface area contributed by atoms with E-state index in [0.29, 0.717) is 0 Å². The minimum Gasteiger partial charge on any atom is 0 e. The van der Waals surface area contributed by atoms with Gasteiger partial charge in [0.1, 0.15) is 0 Å². The second kappa shape index (κ2) is 570. The molecule has 52 heavy (non-hydrogen) atoms. The van der Waals surface area contributed by atoms with E-state index < -0.39 is 0 Å². The number of hydrogen-bond donors (Lipinski definition) is 0. The van der Waals surface area contributed by atoms with Gasteiger partial charge in [0.05, 0.1) is 0 Å². The monoisotopic (exact) mass is 2650 g/mol. The summed E-state index contributed by atoms with van der Waals surface area (Å²) in [6.07, 6.45) is 0. The Morgan fingerprint density at radius 1 is 0.0192 bits per heavy atom. The molecular formula is V52. The molecule has 0 spiro atoms. The average molecular weight is 2650 g/mol. The van der Waals surface area contributed by atoms with Crippen LogP contribution in [0, 0.1) is 0 Å². The summed E-state index contributed by atoms with van der Waals surface area (Å²) in [4.78, 5) is 0. The van der Waals surface area contributed by atoms with E-state index in [4.69, 9.17) is 0 Å². The minimum atomic E-state index is 0. The van der Waals surface area contributed by atoms with Crippen molar-refractivity contribution in [2.24, 2.45) is 0 Å². The fraction of sp³-hybridized carbons (Fsp3) is 0. The van der Waals surface area contributed by atoms with Crippen molar-refractivity contribution in [2.75, 3.05) is 0 Å². The molecule has 0 fully saturated rings. The Kier molecular flexibility index (Phi) is 6470. The Morgan fingerprint density at radius 2 is 0.0192 bits per heavy atom. The second-order valence-electron chi connectivity index (χ2n) is 0. The molecule has 0 aromatic rings. The van der Waals surface area contributed by atoms with Crippen LogP contribution in [0.25, 0.3) is 0 Å². The van der Waals surface area contributed by atoms with E-state index in [1.807, 2.05) is 0 Å². The maximum atomic E-state index is 0. The topological polar surface area (TPSA) is 0 Å². The van der Waals surface area contributed by atoms with Crippen LogP contribution in [0.3, 0.4) is 0 Å². The summed E-state index contributed by atoms with van der Waals surface area (Å²) in [6, 6.07) is 0. The molecule has 0 N–H and O–H groups in total. The van der Waals surface area contributed by atoms with E-state index in [9.17, 15) is 0 Å². The molecule has 0 heterocycles. The third kappa shape index (κ3) is 549. The summed E-state index contributed by atoms with van der Waals surface area (Å²) in [5.74, 6) is 0. The van der Waals surface area contributed by atoms with Crippen LogP contribution in [0.2, 0.25) is 0 Å². The Morgan fingerprint density at radius 3 is 0.0192 bits per heavy atom. The number of hydrogen-bond acceptors (Lipinski definition) is 0. The van der Waals surface area contributed by atoms with Crippen LogP contribution in [0.15, 0.2) is 0 Å². The van der Waals surface area contributed by atoms with Crippen molar-refractivity contribution in [3.8, 4) is 0 Å². The molecule has 0 aliphatic rings. The maximum absolute atomic E-state index is 0. The van der Waals surface area contributed by atoms with E-state index in [-0.39, 0.29) is 965 Å². The molecule has 0 amide bonds. The van der Waals surface area contributed by atoms with Gasteiger partial charge in [0.2, 0.25) is 0 Å². The van der Waals surface area contributed by atoms with E-state index in [0.717, 1.165) is 0 Å². The molecule has 0 bridgehead atoms. The van der Waals surface area contributed by atoms with Crippen molar-refractivity contribution in [1.82, 2.24) is 0 Å². The molecule has 0 aliphatic carbocycles. The van der Waals surface area contributed by atoms with Crippen LogP contribution in [0.1, 0.15) is 0 Å². The van der Waals surface area contributed by atoms with Gasteiger partial charge in [-0.15, -0.1) is 0 Å². The van der Waals surface area contributed by atoms with Gasteiger partial charge in [0.25, 0.3) is 0 Å². The summed E-state index contributed by atoms with van der Waals surface area (Å²) < 4.78 is 0. The molecule has 52 heteroatoms. The fourth-order valence-corrected chi connectivity index (χ4v) is 0. The van der Waals surface area contributed by atoms with Crippen LogP contribution in [-0.4, -0.2) is 0 Å². The third-order valence-corrected chi connectivity index (χ3v) is 0. The SMILES string of the molecule is [V].[V].[V].[V].[V].[V].[V].[V].[V].[V].[V].[V].[V].[V].[V].[V].[V].[V].[V].[V].[V].[V].[V].[V].[V].[V].[V].[V].[V].[V].[V].[V].[V].[V].[V].[V].[V].[V].[V].[V].[V].[V].[V].[V].[V].[V].[V].[V].[V].[V].[V].[V]. The zero-order valence-electron chi connectivity index (χ0n) is 23.3. The van der Waals surface area contributed by atoms with Gasteiger partial charge in [-0.25, -0.2) is 0 Å². The first-order valence-corrected chi connectivity index (χ1v) is 0. The van der Waals surface area contributed by atoms with Gasteiger partial charge >= 0.3 is 0 Å². The van der Waals surface area contributed by atoms with Crippen molar-refractivity contribution in [3.05, 3.63) is 0 Å². The van der Waals surface area contributed by atoms with Crippen molar-refractivity contribution in [1.29, 1.82) is 0 Å². The van der Waals surface area contributed by atoms with E-state index in [2.05, 4.69) is 0 Å². The van der Waals surface area contributed by atoms with E-state index >= 15 is 0 Å². The van der Waals surface area contributed by atoms with Crippen molar-refractivity contribution < 1.29 is 965 Å². The van der Waals surface area contributed by atoms with Gasteiger partial charge in [-0.3, -0.25) is 0 Å². The average Bonchev–Trinajstić information content (AvgIpc) is 0. The Labute approximate surface area is 938 Å². The molecule has 0 saturated heterocycles. The smallest absolute Gasteiger partial charge is 0 e. The van der Waals surface area contributed by atoms with Crippen LogP contribution in [0.4, 0.5) is 0 Å². The Bertz CT molecular complexity index is 0. The van der Waals surface area contributed by atoms with Crippen molar-refractivity contribution in [3.63, 3.8) is 0 Å². The molecule has 0 rings (SSSR count). The summed E-state index contributed by atoms with van der Waals surface area (Å²) in [5.41, 5.74) is 0.